The summed E-state index contributed by atoms with van der Waals surface area (Å²) in [4.78, 5) is 0. The van der Waals surface area contributed by atoms with Crippen LogP contribution in [0.3, 0.4) is 0 Å². The van der Waals surface area contributed by atoms with E-state index in [0.29, 0.717) is 12.0 Å². The van der Waals surface area contributed by atoms with Crippen LogP contribution in [0.15, 0.2) is 12.1 Å². The van der Waals surface area contributed by atoms with Crippen molar-refractivity contribution in [3.63, 3.8) is 0 Å². The fraction of sp³-hybridized carbons (Fsp3) is 0.400. The highest BCUT2D eigenvalue weighted by atomic mass is 16.3. The Balaban J connectivity index is 3.09. The molecule has 0 atom stereocenters. The summed E-state index contributed by atoms with van der Waals surface area (Å²) in [7, 11) is 0. The van der Waals surface area contributed by atoms with E-state index in [4.69, 9.17) is 10.8 Å². The fourth-order valence-electron chi connectivity index (χ4n) is 1.26. The van der Waals surface area contributed by atoms with Gasteiger partial charge in [0.2, 0.25) is 0 Å². The van der Waals surface area contributed by atoms with Crippen LogP contribution < -0.4 is 5.73 Å². The summed E-state index contributed by atoms with van der Waals surface area (Å²) in [6.45, 7) is 3.58. The smallest absolute Gasteiger partial charge is 0.126 e. The summed E-state index contributed by atoms with van der Waals surface area (Å²) < 4.78 is 0. The largest absolute Gasteiger partial charge is 0.508 e. The molecule has 5 N–H and O–H groups in total. The summed E-state index contributed by atoms with van der Waals surface area (Å²) >= 11 is 0. The van der Waals surface area contributed by atoms with Crippen molar-refractivity contribution in [2.75, 3.05) is 0 Å². The van der Waals surface area contributed by atoms with Crippen molar-refractivity contribution in [3.05, 3.63) is 17.7 Å². The van der Waals surface area contributed by atoms with Crippen LogP contribution >= 0.6 is 0 Å². The average Bonchev–Trinajstić information content (AvgIpc) is 1.95. The Hall–Kier alpha value is -1.42. The minimum atomic E-state index is -0.522. The zero-order chi connectivity index (χ0) is 10.9. The number of benzene rings is 1. The molecule has 0 fully saturated rings. The lowest BCUT2D eigenvalue weighted by atomic mass is 9.95. The van der Waals surface area contributed by atoms with Crippen LogP contribution in [0.1, 0.15) is 19.4 Å². The molecule has 0 saturated carbocycles. The first-order valence-corrected chi connectivity index (χ1v) is 4.32. The maximum atomic E-state index is 9.46. The summed E-state index contributed by atoms with van der Waals surface area (Å²) in [6.07, 6.45) is 0.338. The van der Waals surface area contributed by atoms with E-state index in [1.54, 1.807) is 13.8 Å². The van der Waals surface area contributed by atoms with Gasteiger partial charge in [0.1, 0.15) is 17.2 Å². The van der Waals surface area contributed by atoms with Crippen LogP contribution in [-0.2, 0) is 6.42 Å². The van der Waals surface area contributed by atoms with Gasteiger partial charge in [0.25, 0.3) is 0 Å². The van der Waals surface area contributed by atoms with Gasteiger partial charge in [0, 0.05) is 23.2 Å². The Bertz CT molecular complexity index is 319. The quantitative estimate of drug-likeness (QED) is 0.571. The van der Waals surface area contributed by atoms with E-state index in [-0.39, 0.29) is 17.2 Å². The van der Waals surface area contributed by atoms with Gasteiger partial charge in [-0.2, -0.15) is 0 Å². The maximum absolute atomic E-state index is 9.46. The van der Waals surface area contributed by atoms with Crippen molar-refractivity contribution in [3.8, 4) is 17.2 Å². The highest BCUT2D eigenvalue weighted by Gasteiger charge is 2.18. The predicted molar refractivity (Wildman–Crippen MR) is 53.4 cm³/mol. The summed E-state index contributed by atoms with van der Waals surface area (Å²) in [5.41, 5.74) is 5.59. The molecule has 1 aromatic rings. The molecule has 0 saturated heterocycles. The van der Waals surface area contributed by atoms with Crippen molar-refractivity contribution in [2.45, 2.75) is 25.8 Å². The Kier molecular flexibility index (Phi) is 2.57. The van der Waals surface area contributed by atoms with Gasteiger partial charge in [0.15, 0.2) is 0 Å². The van der Waals surface area contributed by atoms with Gasteiger partial charge in [-0.15, -0.1) is 0 Å². The van der Waals surface area contributed by atoms with Gasteiger partial charge in [-0.05, 0) is 20.3 Å². The van der Waals surface area contributed by atoms with Crippen molar-refractivity contribution in [1.82, 2.24) is 0 Å². The van der Waals surface area contributed by atoms with Gasteiger partial charge < -0.3 is 21.1 Å². The first-order chi connectivity index (χ1) is 6.29. The number of hydrogen-bond acceptors (Lipinski definition) is 4. The molecule has 1 aromatic carbocycles. The second-order valence-electron chi connectivity index (χ2n) is 4.13. The van der Waals surface area contributed by atoms with E-state index in [0.717, 1.165) is 0 Å². The molecule has 14 heavy (non-hydrogen) atoms. The number of phenols is 3. The third-order valence-corrected chi connectivity index (χ3v) is 1.82. The topological polar surface area (TPSA) is 86.7 Å². The third-order valence-electron chi connectivity index (χ3n) is 1.82. The minimum Gasteiger partial charge on any atom is -0.508 e. The lowest BCUT2D eigenvalue weighted by Gasteiger charge is -2.19. The zero-order valence-corrected chi connectivity index (χ0v) is 8.28. The number of hydrogen-bond donors (Lipinski definition) is 4. The fourth-order valence-corrected chi connectivity index (χ4v) is 1.26. The average molecular weight is 197 g/mol. The Morgan fingerprint density at radius 2 is 1.57 bits per heavy atom. The standard InChI is InChI=1S/C10H15NO3/c1-10(2,11)5-7-8(13)3-6(12)4-9(7)14/h3-4,12-14H,5,11H2,1-2H3. The third kappa shape index (κ3) is 2.53. The lowest BCUT2D eigenvalue weighted by molar-refractivity contribution is 0.405. The molecule has 0 unspecified atom stereocenters. The van der Waals surface area contributed by atoms with E-state index in [1.807, 2.05) is 0 Å². The van der Waals surface area contributed by atoms with Gasteiger partial charge in [-0.1, -0.05) is 0 Å². The van der Waals surface area contributed by atoms with E-state index in [9.17, 15) is 10.2 Å². The monoisotopic (exact) mass is 197 g/mol. The second-order valence-corrected chi connectivity index (χ2v) is 4.13. The van der Waals surface area contributed by atoms with Crippen LogP contribution in [0.5, 0.6) is 17.2 Å². The van der Waals surface area contributed by atoms with E-state index in [1.165, 1.54) is 12.1 Å². The molecule has 0 spiro atoms. The minimum absolute atomic E-state index is 0.138. The first kappa shape index (κ1) is 10.7. The number of rotatable bonds is 2. The highest BCUT2D eigenvalue weighted by molar-refractivity contribution is 5.49. The van der Waals surface area contributed by atoms with E-state index in [2.05, 4.69) is 0 Å². The number of aromatic hydroxyl groups is 3. The van der Waals surface area contributed by atoms with E-state index >= 15 is 0 Å². The Morgan fingerprint density at radius 3 is 1.93 bits per heavy atom. The summed E-state index contributed by atoms with van der Waals surface area (Å²) in [5, 5.41) is 28.0. The van der Waals surface area contributed by atoms with Crippen molar-refractivity contribution in [1.29, 1.82) is 0 Å². The van der Waals surface area contributed by atoms with Crippen molar-refractivity contribution in [2.24, 2.45) is 5.73 Å². The molecule has 0 aliphatic rings. The summed E-state index contributed by atoms with van der Waals surface area (Å²) in [5.74, 6) is -0.444. The molecule has 0 radical (unpaired) electrons. The molecule has 4 nitrogen and oxygen atoms in total. The molecule has 0 heterocycles. The highest BCUT2D eigenvalue weighted by Crippen LogP contribution is 2.33. The van der Waals surface area contributed by atoms with Crippen molar-refractivity contribution < 1.29 is 15.3 Å². The van der Waals surface area contributed by atoms with Gasteiger partial charge in [0.05, 0.1) is 0 Å². The Labute approximate surface area is 82.6 Å². The maximum Gasteiger partial charge on any atom is 0.126 e. The molecule has 0 aliphatic heterocycles. The Morgan fingerprint density at radius 1 is 1.14 bits per heavy atom. The molecular formula is C10H15NO3. The van der Waals surface area contributed by atoms with Crippen LogP contribution in [0.2, 0.25) is 0 Å². The molecule has 78 valence electrons. The molecular weight excluding hydrogens is 182 g/mol. The van der Waals surface area contributed by atoms with Crippen molar-refractivity contribution >= 4 is 0 Å². The second kappa shape index (κ2) is 3.38. The summed E-state index contributed by atoms with van der Waals surface area (Å²) in [6, 6.07) is 2.36. The van der Waals surface area contributed by atoms with Gasteiger partial charge in [-0.25, -0.2) is 0 Å². The van der Waals surface area contributed by atoms with E-state index < -0.39 is 5.54 Å². The van der Waals surface area contributed by atoms with Crippen LogP contribution in [0.25, 0.3) is 0 Å². The number of phenolic OH excluding ortho intramolecular Hbond substituents is 3. The molecule has 4 heteroatoms. The molecule has 0 aromatic heterocycles. The molecule has 1 rings (SSSR count). The molecule has 0 aliphatic carbocycles. The van der Waals surface area contributed by atoms with Crippen LogP contribution in [0.4, 0.5) is 0 Å². The normalized spacial score (nSPS) is 11.6. The van der Waals surface area contributed by atoms with Gasteiger partial charge >= 0.3 is 0 Å². The molecule has 0 bridgehead atoms. The lowest BCUT2D eigenvalue weighted by Crippen LogP contribution is -2.34. The SMILES string of the molecule is CC(C)(N)Cc1c(O)cc(O)cc1O. The number of nitrogens with two attached hydrogens (primary N) is 1. The molecule has 0 amide bonds. The van der Waals surface area contributed by atoms with Crippen LogP contribution in [-0.4, -0.2) is 20.9 Å². The van der Waals surface area contributed by atoms with Crippen LogP contribution in [0, 0.1) is 0 Å². The zero-order valence-electron chi connectivity index (χ0n) is 8.28. The van der Waals surface area contributed by atoms with Gasteiger partial charge in [-0.3, -0.25) is 0 Å². The first-order valence-electron chi connectivity index (χ1n) is 4.32. The predicted octanol–water partition coefficient (Wildman–Crippen LogP) is 1.08.